The fourth-order valence-electron chi connectivity index (χ4n) is 2.60. The molecule has 0 aliphatic heterocycles. The van der Waals surface area contributed by atoms with Crippen LogP contribution in [0.15, 0.2) is 12.3 Å². The highest BCUT2D eigenvalue weighted by Crippen LogP contribution is 2.52. The van der Waals surface area contributed by atoms with Crippen molar-refractivity contribution in [3.63, 3.8) is 0 Å². The van der Waals surface area contributed by atoms with Gasteiger partial charge in [0.15, 0.2) is 0 Å². The summed E-state index contributed by atoms with van der Waals surface area (Å²) < 4.78 is 0. The van der Waals surface area contributed by atoms with E-state index in [1.807, 2.05) is 0 Å². The summed E-state index contributed by atoms with van der Waals surface area (Å²) >= 11 is 61.7. The molecule has 3 aromatic rings. The molecular formula is C17H2Cl10N2O2. The van der Waals surface area contributed by atoms with Crippen LogP contribution in [0.1, 0.15) is 0 Å². The molecule has 0 aliphatic carbocycles. The second-order valence-electron chi connectivity index (χ2n) is 5.73. The van der Waals surface area contributed by atoms with Gasteiger partial charge in [-0.2, -0.15) is 0 Å². The van der Waals surface area contributed by atoms with Crippen molar-refractivity contribution in [2.24, 2.45) is 0 Å². The molecule has 0 bridgehead atoms. The molecule has 0 saturated carbocycles. The number of halogens is 10. The number of benzene rings is 2. The minimum absolute atomic E-state index is 0.0449. The first-order chi connectivity index (χ1) is 14.4. The van der Waals surface area contributed by atoms with E-state index in [1.54, 1.807) is 0 Å². The molecule has 3 rings (SSSR count). The standard InChI is InChI=1S/C17H2Cl10N2O2/c18-8-6(9(19)13(23)16(26)12(8)22)3-1-4(28-2-5(3)29(30)31)7-10(20)14(24)17(27)15(25)11(7)21/h1-2H. The predicted molar refractivity (Wildman–Crippen MR) is 132 cm³/mol. The molecule has 4 nitrogen and oxygen atoms in total. The zero-order valence-electron chi connectivity index (χ0n) is 14.1. The van der Waals surface area contributed by atoms with Crippen molar-refractivity contribution in [3.05, 3.63) is 72.6 Å². The number of nitrogens with zero attached hydrogens (tertiary/aromatic N) is 2. The van der Waals surface area contributed by atoms with Crippen LogP contribution in [-0.4, -0.2) is 9.91 Å². The molecule has 2 aromatic carbocycles. The third kappa shape index (κ3) is 4.38. The van der Waals surface area contributed by atoms with E-state index < -0.39 is 10.6 Å². The highest BCUT2D eigenvalue weighted by atomic mass is 35.5. The monoisotopic (exact) mass is 616 g/mol. The van der Waals surface area contributed by atoms with Gasteiger partial charge in [-0.05, 0) is 6.07 Å². The number of nitro groups is 1. The summed E-state index contributed by atoms with van der Waals surface area (Å²) in [5, 5.41) is 10.6. The predicted octanol–water partition coefficient (Wildman–Crippen LogP) is 10.9. The van der Waals surface area contributed by atoms with E-state index in [2.05, 4.69) is 4.98 Å². The van der Waals surface area contributed by atoms with Crippen molar-refractivity contribution in [3.8, 4) is 22.4 Å². The first-order valence-electron chi connectivity index (χ1n) is 7.58. The van der Waals surface area contributed by atoms with Crippen LogP contribution in [0.5, 0.6) is 0 Å². The maximum atomic E-state index is 11.7. The minimum Gasteiger partial charge on any atom is -0.258 e. The van der Waals surface area contributed by atoms with Gasteiger partial charge < -0.3 is 0 Å². The lowest BCUT2D eigenvalue weighted by molar-refractivity contribution is -0.384. The summed E-state index contributed by atoms with van der Waals surface area (Å²) in [4.78, 5) is 15.0. The first-order valence-corrected chi connectivity index (χ1v) is 11.4. The molecule has 0 unspecified atom stereocenters. The zero-order valence-corrected chi connectivity index (χ0v) is 21.7. The Morgan fingerprint density at radius 2 is 0.968 bits per heavy atom. The smallest absolute Gasteiger partial charge is 0.258 e. The van der Waals surface area contributed by atoms with Gasteiger partial charge >= 0.3 is 0 Å². The van der Waals surface area contributed by atoms with Crippen molar-refractivity contribution in [1.29, 1.82) is 0 Å². The molecule has 0 aliphatic rings. The second-order valence-corrected chi connectivity index (χ2v) is 9.51. The van der Waals surface area contributed by atoms with E-state index in [4.69, 9.17) is 116 Å². The lowest BCUT2D eigenvalue weighted by atomic mass is 10.0. The molecule has 162 valence electrons. The molecule has 0 amide bonds. The Bertz CT molecular complexity index is 1220. The summed E-state index contributed by atoms with van der Waals surface area (Å²) in [7, 11) is 0. The number of pyridine rings is 1. The van der Waals surface area contributed by atoms with Gasteiger partial charge in [0.2, 0.25) is 0 Å². The fraction of sp³-hybridized carbons (Fsp3) is 0. The molecule has 31 heavy (non-hydrogen) atoms. The van der Waals surface area contributed by atoms with Gasteiger partial charge in [0.05, 0.1) is 66.4 Å². The van der Waals surface area contributed by atoms with Crippen LogP contribution in [0.3, 0.4) is 0 Å². The second kappa shape index (κ2) is 9.63. The lowest BCUT2D eigenvalue weighted by Gasteiger charge is -2.15. The van der Waals surface area contributed by atoms with E-state index in [-0.39, 0.29) is 72.6 Å². The maximum Gasteiger partial charge on any atom is 0.295 e. The third-order valence-electron chi connectivity index (χ3n) is 4.02. The lowest BCUT2D eigenvalue weighted by Crippen LogP contribution is -1.98. The van der Waals surface area contributed by atoms with Crippen LogP contribution >= 0.6 is 116 Å². The SMILES string of the molecule is O=[N+]([O-])c1cnc(-c2c(Cl)c(Cl)c(Cl)c(Cl)c2Cl)cc1-c1c(Cl)c(Cl)c(Cl)c(Cl)c1Cl. The topological polar surface area (TPSA) is 56.0 Å². The Kier molecular flexibility index (Phi) is 7.93. The van der Waals surface area contributed by atoms with Gasteiger partial charge in [-0.25, -0.2) is 4.98 Å². The van der Waals surface area contributed by atoms with Crippen LogP contribution in [-0.2, 0) is 0 Å². The van der Waals surface area contributed by atoms with Gasteiger partial charge in [-0.3, -0.25) is 10.1 Å². The Balaban J connectivity index is 2.45. The fourth-order valence-corrected chi connectivity index (χ4v) is 5.28. The number of hydrogen-bond acceptors (Lipinski definition) is 3. The normalized spacial score (nSPS) is 11.2. The number of hydrogen-bond donors (Lipinski definition) is 0. The Hall–Kier alpha value is -0.110. The van der Waals surface area contributed by atoms with Crippen molar-refractivity contribution < 1.29 is 4.92 Å². The molecule has 1 heterocycles. The van der Waals surface area contributed by atoms with Gasteiger partial charge in [0.25, 0.3) is 5.69 Å². The quantitative estimate of drug-likeness (QED) is 0.127. The van der Waals surface area contributed by atoms with Crippen LogP contribution in [0.25, 0.3) is 22.4 Å². The summed E-state index contributed by atoms with van der Waals surface area (Å²) in [6.45, 7) is 0. The van der Waals surface area contributed by atoms with Crippen LogP contribution < -0.4 is 0 Å². The van der Waals surface area contributed by atoms with Crippen molar-refractivity contribution in [2.75, 3.05) is 0 Å². The highest BCUT2D eigenvalue weighted by Gasteiger charge is 2.28. The summed E-state index contributed by atoms with van der Waals surface area (Å²) in [5.74, 6) is 0. The van der Waals surface area contributed by atoms with Crippen molar-refractivity contribution in [2.45, 2.75) is 0 Å². The molecule has 0 saturated heterocycles. The summed E-state index contributed by atoms with van der Waals surface area (Å²) in [6.07, 6.45) is 0.955. The number of rotatable bonds is 3. The molecule has 0 radical (unpaired) electrons. The van der Waals surface area contributed by atoms with E-state index in [9.17, 15) is 10.1 Å². The van der Waals surface area contributed by atoms with Gasteiger partial charge in [-0.1, -0.05) is 116 Å². The van der Waals surface area contributed by atoms with Gasteiger partial charge in [0.1, 0.15) is 6.20 Å². The molecule has 0 atom stereocenters. The zero-order chi connectivity index (χ0) is 23.4. The van der Waals surface area contributed by atoms with Crippen LogP contribution in [0.4, 0.5) is 5.69 Å². The molecule has 14 heteroatoms. The molecule has 0 fully saturated rings. The Morgan fingerprint density at radius 1 is 0.613 bits per heavy atom. The highest BCUT2D eigenvalue weighted by molar-refractivity contribution is 6.57. The largest absolute Gasteiger partial charge is 0.295 e. The maximum absolute atomic E-state index is 11.7. The van der Waals surface area contributed by atoms with Crippen molar-refractivity contribution >= 4 is 122 Å². The third-order valence-corrected chi connectivity index (χ3v) is 8.58. The average molecular weight is 621 g/mol. The van der Waals surface area contributed by atoms with E-state index in [0.29, 0.717) is 0 Å². The molecule has 1 aromatic heterocycles. The Morgan fingerprint density at radius 3 is 1.35 bits per heavy atom. The van der Waals surface area contributed by atoms with Gasteiger partial charge in [0, 0.05) is 11.1 Å². The average Bonchev–Trinajstić information content (AvgIpc) is 2.73. The molecule has 0 spiro atoms. The van der Waals surface area contributed by atoms with E-state index in [0.717, 1.165) is 6.20 Å². The Labute approximate surface area is 224 Å². The van der Waals surface area contributed by atoms with E-state index in [1.165, 1.54) is 6.07 Å². The number of aromatic nitrogens is 1. The first kappa shape index (κ1) is 25.5. The summed E-state index contributed by atoms with van der Waals surface area (Å²) in [5.41, 5.74) is -0.445. The molecule has 0 N–H and O–H groups in total. The van der Waals surface area contributed by atoms with Crippen LogP contribution in [0, 0.1) is 10.1 Å². The summed E-state index contributed by atoms with van der Waals surface area (Å²) in [6, 6.07) is 1.26. The van der Waals surface area contributed by atoms with Crippen LogP contribution in [0.2, 0.25) is 50.2 Å². The molecular weight excluding hydrogens is 619 g/mol. The minimum atomic E-state index is -0.694. The van der Waals surface area contributed by atoms with E-state index >= 15 is 0 Å². The van der Waals surface area contributed by atoms with Crippen molar-refractivity contribution in [1.82, 2.24) is 4.98 Å². The van der Waals surface area contributed by atoms with Gasteiger partial charge in [-0.15, -0.1) is 0 Å².